The summed E-state index contributed by atoms with van der Waals surface area (Å²) in [6.07, 6.45) is 5.59. The monoisotopic (exact) mass is 470 g/mol. The Balaban J connectivity index is 1.39. The smallest absolute Gasteiger partial charge is 0.248 e. The predicted molar refractivity (Wildman–Crippen MR) is 140 cm³/mol. The van der Waals surface area contributed by atoms with Crippen LogP contribution in [-0.4, -0.2) is 30.1 Å². The third kappa shape index (κ3) is 6.79. The van der Waals surface area contributed by atoms with Crippen molar-refractivity contribution < 1.29 is 14.7 Å². The molecule has 1 aliphatic carbocycles. The minimum Gasteiger partial charge on any atom is -0.397 e. The maximum absolute atomic E-state index is 13.0. The van der Waals surface area contributed by atoms with Gasteiger partial charge in [0, 0.05) is 18.3 Å². The lowest BCUT2D eigenvalue weighted by Gasteiger charge is -2.19. The van der Waals surface area contributed by atoms with Crippen LogP contribution in [0.4, 0.5) is 17.1 Å². The molecule has 1 aliphatic rings. The van der Waals surface area contributed by atoms with Crippen molar-refractivity contribution in [3.05, 3.63) is 95.6 Å². The van der Waals surface area contributed by atoms with Gasteiger partial charge in [0.05, 0.1) is 18.0 Å². The van der Waals surface area contributed by atoms with E-state index in [0.29, 0.717) is 17.3 Å². The van der Waals surface area contributed by atoms with Crippen molar-refractivity contribution in [1.82, 2.24) is 5.32 Å². The standard InChI is InChI=1S/C28H30N4O3/c29-24-3-1-2-4-25(24)32-26(34)16-7-19-5-8-22(9-6-19)27(30-17-18-33)28(35)31-23-14-12-21(13-15-23)20-10-11-20/h1-9,12-16,20,27,30,33H,10-11,17-18,29H2,(H,31,35)(H,32,34). The molecule has 7 nitrogen and oxygen atoms in total. The third-order valence-electron chi connectivity index (χ3n) is 5.87. The van der Waals surface area contributed by atoms with Gasteiger partial charge in [-0.2, -0.15) is 0 Å². The Morgan fingerprint density at radius 2 is 1.69 bits per heavy atom. The van der Waals surface area contributed by atoms with Crippen molar-refractivity contribution >= 4 is 35.0 Å². The van der Waals surface area contributed by atoms with Gasteiger partial charge >= 0.3 is 0 Å². The summed E-state index contributed by atoms with van der Waals surface area (Å²) in [5.41, 5.74) is 10.5. The number of nitrogens with two attached hydrogens (primary N) is 1. The van der Waals surface area contributed by atoms with Gasteiger partial charge in [-0.3, -0.25) is 14.9 Å². The third-order valence-corrected chi connectivity index (χ3v) is 5.87. The largest absolute Gasteiger partial charge is 0.397 e. The van der Waals surface area contributed by atoms with Gasteiger partial charge in [-0.15, -0.1) is 0 Å². The van der Waals surface area contributed by atoms with Gasteiger partial charge in [-0.05, 0) is 65.8 Å². The molecule has 0 spiro atoms. The molecule has 0 heterocycles. The normalized spacial score (nSPS) is 14.0. The van der Waals surface area contributed by atoms with Gasteiger partial charge in [0.1, 0.15) is 6.04 Å². The van der Waals surface area contributed by atoms with Crippen molar-refractivity contribution in [1.29, 1.82) is 0 Å². The van der Waals surface area contributed by atoms with Gasteiger partial charge in [0.15, 0.2) is 0 Å². The number of aliphatic hydroxyl groups is 1. The van der Waals surface area contributed by atoms with E-state index < -0.39 is 6.04 Å². The van der Waals surface area contributed by atoms with Crippen LogP contribution in [0.25, 0.3) is 6.08 Å². The van der Waals surface area contributed by atoms with E-state index in [0.717, 1.165) is 16.8 Å². The summed E-state index contributed by atoms with van der Waals surface area (Å²) in [6, 6.07) is 21.7. The van der Waals surface area contributed by atoms with Gasteiger partial charge in [0.25, 0.3) is 0 Å². The van der Waals surface area contributed by atoms with Gasteiger partial charge in [-0.1, -0.05) is 48.5 Å². The Hall–Kier alpha value is -3.94. The summed E-state index contributed by atoms with van der Waals surface area (Å²) in [5.74, 6) is 0.163. The highest BCUT2D eigenvalue weighted by Gasteiger charge is 2.24. The number of anilines is 3. The molecule has 1 saturated carbocycles. The van der Waals surface area contributed by atoms with E-state index in [4.69, 9.17) is 5.73 Å². The van der Waals surface area contributed by atoms with Crippen molar-refractivity contribution in [2.45, 2.75) is 24.8 Å². The van der Waals surface area contributed by atoms with E-state index in [2.05, 4.69) is 28.1 Å². The lowest BCUT2D eigenvalue weighted by molar-refractivity contribution is -0.118. The summed E-state index contributed by atoms with van der Waals surface area (Å²) < 4.78 is 0. The molecule has 0 aromatic heterocycles. The second-order valence-electron chi connectivity index (χ2n) is 8.57. The fraction of sp³-hybridized carbons (Fsp3) is 0.214. The first-order chi connectivity index (χ1) is 17.0. The van der Waals surface area contributed by atoms with Gasteiger partial charge < -0.3 is 21.5 Å². The molecular weight excluding hydrogens is 440 g/mol. The molecule has 1 atom stereocenters. The average Bonchev–Trinajstić information content (AvgIpc) is 3.71. The number of nitrogens with one attached hydrogen (secondary N) is 3. The number of hydrogen-bond acceptors (Lipinski definition) is 5. The molecule has 1 unspecified atom stereocenters. The molecule has 0 radical (unpaired) electrons. The first-order valence-corrected chi connectivity index (χ1v) is 11.7. The summed E-state index contributed by atoms with van der Waals surface area (Å²) in [5, 5.41) is 18.1. The fourth-order valence-corrected chi connectivity index (χ4v) is 3.80. The van der Waals surface area contributed by atoms with Crippen LogP contribution < -0.4 is 21.7 Å². The number of amides is 2. The van der Waals surface area contributed by atoms with Gasteiger partial charge in [-0.25, -0.2) is 0 Å². The maximum Gasteiger partial charge on any atom is 0.248 e. The second kappa shape index (κ2) is 11.5. The summed E-state index contributed by atoms with van der Waals surface area (Å²) in [7, 11) is 0. The molecule has 0 aliphatic heterocycles. The predicted octanol–water partition coefficient (Wildman–Crippen LogP) is 4.06. The molecule has 1 fully saturated rings. The molecule has 180 valence electrons. The molecule has 6 N–H and O–H groups in total. The van der Waals surface area contributed by atoms with Crippen LogP contribution in [0.15, 0.2) is 78.9 Å². The average molecular weight is 471 g/mol. The number of carbonyl (C=O) groups is 2. The molecule has 7 heteroatoms. The number of benzene rings is 3. The van der Waals surface area contributed by atoms with Crippen LogP contribution in [-0.2, 0) is 9.59 Å². The minimum absolute atomic E-state index is 0.0816. The number of aliphatic hydroxyl groups excluding tert-OH is 1. The van der Waals surface area contributed by atoms with Crippen LogP contribution in [0.2, 0.25) is 0 Å². The highest BCUT2D eigenvalue weighted by atomic mass is 16.3. The second-order valence-corrected chi connectivity index (χ2v) is 8.57. The van der Waals surface area contributed by atoms with E-state index >= 15 is 0 Å². The summed E-state index contributed by atoms with van der Waals surface area (Å²) >= 11 is 0. The fourth-order valence-electron chi connectivity index (χ4n) is 3.80. The summed E-state index contributed by atoms with van der Waals surface area (Å²) in [4.78, 5) is 25.2. The molecule has 35 heavy (non-hydrogen) atoms. The minimum atomic E-state index is -0.632. The topological polar surface area (TPSA) is 116 Å². The Morgan fingerprint density at radius 3 is 2.34 bits per heavy atom. The molecule has 3 aromatic carbocycles. The lowest BCUT2D eigenvalue weighted by atomic mass is 10.0. The Bertz CT molecular complexity index is 1190. The molecule has 2 amide bonds. The van der Waals surface area contributed by atoms with Crippen molar-refractivity contribution in [2.24, 2.45) is 0 Å². The number of para-hydroxylation sites is 2. The van der Waals surface area contributed by atoms with Crippen LogP contribution in [0, 0.1) is 0 Å². The molecule has 0 saturated heterocycles. The van der Waals surface area contributed by atoms with Crippen LogP contribution in [0.1, 0.15) is 41.5 Å². The molecular formula is C28H30N4O3. The maximum atomic E-state index is 13.0. The Morgan fingerprint density at radius 1 is 0.971 bits per heavy atom. The van der Waals surface area contributed by atoms with E-state index in [-0.39, 0.29) is 25.0 Å². The zero-order chi connectivity index (χ0) is 24.6. The van der Waals surface area contributed by atoms with Crippen molar-refractivity contribution in [2.75, 3.05) is 29.5 Å². The van der Waals surface area contributed by atoms with E-state index in [1.54, 1.807) is 30.3 Å². The quantitative estimate of drug-likeness (QED) is 0.226. The summed E-state index contributed by atoms with van der Waals surface area (Å²) in [6.45, 7) is 0.199. The van der Waals surface area contributed by atoms with E-state index in [1.807, 2.05) is 36.4 Å². The van der Waals surface area contributed by atoms with Gasteiger partial charge in [0.2, 0.25) is 11.8 Å². The molecule has 0 bridgehead atoms. The van der Waals surface area contributed by atoms with E-state index in [9.17, 15) is 14.7 Å². The first kappa shape index (κ1) is 24.2. The highest BCUT2D eigenvalue weighted by Crippen LogP contribution is 2.40. The zero-order valence-electron chi connectivity index (χ0n) is 19.4. The molecule has 3 aromatic rings. The number of hydrogen-bond donors (Lipinski definition) is 5. The Labute approximate surface area is 205 Å². The number of nitrogen functional groups attached to an aromatic ring is 1. The number of carbonyl (C=O) groups excluding carboxylic acids is 2. The van der Waals surface area contributed by atoms with Crippen LogP contribution in [0.5, 0.6) is 0 Å². The first-order valence-electron chi connectivity index (χ1n) is 11.7. The zero-order valence-corrected chi connectivity index (χ0v) is 19.4. The highest BCUT2D eigenvalue weighted by molar-refractivity contribution is 6.03. The van der Waals surface area contributed by atoms with Crippen molar-refractivity contribution in [3.63, 3.8) is 0 Å². The van der Waals surface area contributed by atoms with Crippen molar-refractivity contribution in [3.8, 4) is 0 Å². The SMILES string of the molecule is Nc1ccccc1NC(=O)C=Cc1ccc(C(NCCO)C(=O)Nc2ccc(C3CC3)cc2)cc1. The molecule has 4 rings (SSSR count). The van der Waals surface area contributed by atoms with E-state index in [1.165, 1.54) is 24.5 Å². The lowest BCUT2D eigenvalue weighted by Crippen LogP contribution is -2.34. The number of rotatable bonds is 10. The Kier molecular flexibility index (Phi) is 7.92. The van der Waals surface area contributed by atoms with Crippen LogP contribution >= 0.6 is 0 Å². The van der Waals surface area contributed by atoms with Crippen LogP contribution in [0.3, 0.4) is 0 Å².